The lowest BCUT2D eigenvalue weighted by molar-refractivity contribution is -0.756. The van der Waals surface area contributed by atoms with Crippen LogP contribution < -0.4 is 4.74 Å². The van der Waals surface area contributed by atoms with Crippen molar-refractivity contribution in [3.05, 3.63) is 39.9 Å². The number of hydrogen-bond acceptors (Lipinski definition) is 9. The van der Waals surface area contributed by atoms with Crippen LogP contribution in [0.25, 0.3) is 0 Å². The van der Waals surface area contributed by atoms with E-state index in [1.807, 2.05) is 0 Å². The molecule has 0 saturated carbocycles. The second kappa shape index (κ2) is 10.7. The summed E-state index contributed by atoms with van der Waals surface area (Å²) in [5.41, 5.74) is 0.180. The molecule has 0 fully saturated rings. The third-order valence-electron chi connectivity index (χ3n) is 2.21. The zero-order chi connectivity index (χ0) is 17.1. The largest absolute Gasteiger partial charge is 0.461 e. The van der Waals surface area contributed by atoms with Crippen LogP contribution >= 0.6 is 21.6 Å². The summed E-state index contributed by atoms with van der Waals surface area (Å²) in [6.45, 7) is 1.43. The van der Waals surface area contributed by atoms with E-state index in [9.17, 15) is 19.7 Å². The summed E-state index contributed by atoms with van der Waals surface area (Å²) >= 11 is 0. The highest BCUT2D eigenvalue weighted by molar-refractivity contribution is 8.76. The predicted octanol–water partition coefficient (Wildman–Crippen LogP) is 2.36. The first kappa shape index (κ1) is 19.1. The Hall–Kier alpha value is -1.94. The molecule has 23 heavy (non-hydrogen) atoms. The molecule has 10 heteroatoms. The fourth-order valence-electron chi connectivity index (χ4n) is 1.39. The number of ether oxygens (including phenoxy) is 2. The fourth-order valence-corrected chi connectivity index (χ4v) is 3.03. The number of esters is 2. The highest BCUT2D eigenvalue weighted by Crippen LogP contribution is 2.22. The summed E-state index contributed by atoms with van der Waals surface area (Å²) in [6.07, 6.45) is 0. The average molecular weight is 361 g/mol. The number of carbonyl (C=O) groups excluding carboxylic acids is 2. The first-order valence-corrected chi connectivity index (χ1v) is 8.96. The van der Waals surface area contributed by atoms with Crippen molar-refractivity contribution < 1.29 is 29.0 Å². The Morgan fingerprint density at radius 3 is 2.48 bits per heavy atom. The third kappa shape index (κ3) is 8.31. The van der Waals surface area contributed by atoms with Crippen molar-refractivity contribution >= 4 is 33.5 Å². The molecule has 0 atom stereocenters. The number of benzene rings is 1. The lowest BCUT2D eigenvalue weighted by Gasteiger charge is -2.08. The minimum absolute atomic E-state index is 0.0141. The minimum atomic E-state index is -0.840. The van der Waals surface area contributed by atoms with Crippen LogP contribution in [0.15, 0.2) is 24.3 Å². The summed E-state index contributed by atoms with van der Waals surface area (Å²) in [5.74, 6) is 0.0293. The van der Waals surface area contributed by atoms with Crippen molar-refractivity contribution in [1.29, 1.82) is 0 Å². The maximum Gasteiger partial charge on any atom is 0.341 e. The predicted molar refractivity (Wildman–Crippen MR) is 85.9 cm³/mol. The molecule has 8 nitrogen and oxygen atoms in total. The van der Waals surface area contributed by atoms with Gasteiger partial charge in [0.2, 0.25) is 0 Å². The minimum Gasteiger partial charge on any atom is -0.461 e. The van der Waals surface area contributed by atoms with Gasteiger partial charge < -0.3 is 14.3 Å². The van der Waals surface area contributed by atoms with E-state index in [0.717, 1.165) is 0 Å². The molecule has 0 aromatic heterocycles. The first-order valence-electron chi connectivity index (χ1n) is 6.47. The monoisotopic (exact) mass is 361 g/mol. The third-order valence-corrected chi connectivity index (χ3v) is 4.54. The molecule has 0 heterocycles. The summed E-state index contributed by atoms with van der Waals surface area (Å²) in [7, 11) is 2.79. The number of hydrogen-bond donors (Lipinski definition) is 0. The highest BCUT2D eigenvalue weighted by atomic mass is 33.1. The number of para-hydroxylation sites is 1. The van der Waals surface area contributed by atoms with E-state index in [1.165, 1.54) is 40.6 Å². The number of nitrogens with zero attached hydrogens (tertiary/aromatic N) is 1. The van der Waals surface area contributed by atoms with Crippen molar-refractivity contribution in [2.45, 2.75) is 6.92 Å². The summed E-state index contributed by atoms with van der Waals surface area (Å²) < 4.78 is 10.0. The van der Waals surface area contributed by atoms with E-state index in [0.29, 0.717) is 11.5 Å². The van der Waals surface area contributed by atoms with E-state index < -0.39 is 17.0 Å². The van der Waals surface area contributed by atoms with Gasteiger partial charge >= 0.3 is 11.9 Å². The maximum absolute atomic E-state index is 11.9. The van der Waals surface area contributed by atoms with Crippen molar-refractivity contribution in [3.8, 4) is 5.75 Å². The van der Waals surface area contributed by atoms with Gasteiger partial charge in [-0.3, -0.25) is 4.79 Å². The van der Waals surface area contributed by atoms with Crippen LogP contribution in [-0.4, -0.2) is 41.7 Å². The first-order chi connectivity index (χ1) is 11.0. The molecule has 0 aliphatic rings. The Labute approximate surface area is 140 Å². The smallest absolute Gasteiger partial charge is 0.341 e. The fraction of sp³-hybridized carbons (Fsp3) is 0.385. The molecule has 0 bridgehead atoms. The van der Waals surface area contributed by atoms with Crippen LogP contribution in [0, 0.1) is 10.1 Å². The quantitative estimate of drug-likeness (QED) is 0.155. The van der Waals surface area contributed by atoms with Crippen LogP contribution in [0.3, 0.4) is 0 Å². The standard InChI is InChI=1S/C13H15NO7S2/c1-10(15)21-12-5-3-2-4-11(12)13(16)19-6-8-22-23-9-7-20-14(17)18/h2-5H,6-9H2,1H3. The Morgan fingerprint density at radius 2 is 1.83 bits per heavy atom. The number of carbonyl (C=O) groups is 2. The molecule has 1 aromatic rings. The molecule has 0 radical (unpaired) electrons. The van der Waals surface area contributed by atoms with Gasteiger partial charge in [-0.1, -0.05) is 33.7 Å². The molecule has 1 aromatic carbocycles. The molecular weight excluding hydrogens is 346 g/mol. The summed E-state index contributed by atoms with van der Waals surface area (Å²) in [6, 6.07) is 6.31. The van der Waals surface area contributed by atoms with Gasteiger partial charge in [0.1, 0.15) is 24.5 Å². The van der Waals surface area contributed by atoms with Crippen molar-refractivity contribution in [2.24, 2.45) is 0 Å². The molecule has 0 saturated heterocycles. The molecule has 0 aliphatic heterocycles. The maximum atomic E-state index is 11.9. The van der Waals surface area contributed by atoms with Crippen LogP contribution in [0.2, 0.25) is 0 Å². The van der Waals surface area contributed by atoms with Crippen LogP contribution in [0.5, 0.6) is 5.75 Å². The van der Waals surface area contributed by atoms with E-state index in [2.05, 4.69) is 4.84 Å². The second-order valence-corrected chi connectivity index (χ2v) is 6.63. The van der Waals surface area contributed by atoms with E-state index in [1.54, 1.807) is 12.1 Å². The van der Waals surface area contributed by atoms with E-state index in [4.69, 9.17) is 9.47 Å². The van der Waals surface area contributed by atoms with Gasteiger partial charge in [0.15, 0.2) is 0 Å². The van der Waals surface area contributed by atoms with Gasteiger partial charge in [0.05, 0.1) is 0 Å². The summed E-state index contributed by atoms with van der Waals surface area (Å²) in [4.78, 5) is 37.0. The molecule has 0 aliphatic carbocycles. The van der Waals surface area contributed by atoms with Gasteiger partial charge in [-0.2, -0.15) is 0 Å². The molecule has 1 rings (SSSR count). The zero-order valence-corrected chi connectivity index (χ0v) is 13.9. The lowest BCUT2D eigenvalue weighted by Crippen LogP contribution is -2.11. The lowest BCUT2D eigenvalue weighted by atomic mass is 10.2. The second-order valence-electron chi connectivity index (χ2n) is 3.93. The summed E-state index contributed by atoms with van der Waals surface area (Å²) in [5, 5.41) is 9.08. The van der Waals surface area contributed by atoms with Crippen LogP contribution in [-0.2, 0) is 14.4 Å². The van der Waals surface area contributed by atoms with Gasteiger partial charge in [-0.15, -0.1) is 10.1 Å². The molecule has 126 valence electrons. The van der Waals surface area contributed by atoms with Gasteiger partial charge in [0, 0.05) is 18.4 Å². The van der Waals surface area contributed by atoms with Crippen molar-refractivity contribution in [1.82, 2.24) is 0 Å². The van der Waals surface area contributed by atoms with E-state index in [-0.39, 0.29) is 24.5 Å². The molecular formula is C13H15NO7S2. The van der Waals surface area contributed by atoms with Crippen LogP contribution in [0.1, 0.15) is 17.3 Å². The molecule has 0 N–H and O–H groups in total. The molecule has 0 unspecified atom stereocenters. The Morgan fingerprint density at radius 1 is 1.17 bits per heavy atom. The Balaban J connectivity index is 2.27. The SMILES string of the molecule is CC(=O)Oc1ccccc1C(=O)OCCSSCCO[N+](=O)[O-]. The van der Waals surface area contributed by atoms with Gasteiger partial charge in [-0.25, -0.2) is 4.79 Å². The van der Waals surface area contributed by atoms with Crippen molar-refractivity contribution in [2.75, 3.05) is 24.7 Å². The topological polar surface area (TPSA) is 105 Å². The Kier molecular flexibility index (Phi) is 8.91. The van der Waals surface area contributed by atoms with Gasteiger partial charge in [0.25, 0.3) is 5.09 Å². The van der Waals surface area contributed by atoms with Gasteiger partial charge in [-0.05, 0) is 12.1 Å². The molecule has 0 amide bonds. The highest BCUT2D eigenvalue weighted by Gasteiger charge is 2.14. The van der Waals surface area contributed by atoms with Crippen LogP contribution in [0.4, 0.5) is 0 Å². The van der Waals surface area contributed by atoms with Crippen molar-refractivity contribution in [3.63, 3.8) is 0 Å². The zero-order valence-electron chi connectivity index (χ0n) is 12.3. The average Bonchev–Trinajstić information content (AvgIpc) is 2.49. The normalized spacial score (nSPS) is 9.96. The molecule has 0 spiro atoms. The number of rotatable bonds is 10. The Bertz CT molecular complexity index is 553. The van der Waals surface area contributed by atoms with E-state index >= 15 is 0 Å².